The van der Waals surface area contributed by atoms with E-state index in [9.17, 15) is 14.7 Å². The van der Waals surface area contributed by atoms with Crippen molar-refractivity contribution < 1.29 is 14.7 Å². The number of carbonyl (C=O) groups is 2. The number of aromatic nitrogens is 1. The first-order valence-electron chi connectivity index (χ1n) is 7.87. The molecule has 6 heteroatoms. The average molecular weight is 305 g/mol. The zero-order valence-corrected chi connectivity index (χ0v) is 12.9. The highest BCUT2D eigenvalue weighted by Crippen LogP contribution is 2.22. The topological polar surface area (TPSA) is 82.5 Å². The lowest BCUT2D eigenvalue weighted by atomic mass is 10.1. The lowest BCUT2D eigenvalue weighted by molar-refractivity contribution is -0.139. The highest BCUT2D eigenvalue weighted by atomic mass is 16.4. The summed E-state index contributed by atoms with van der Waals surface area (Å²) in [7, 11) is 0. The van der Waals surface area contributed by atoms with Crippen LogP contribution in [0.4, 0.5) is 5.82 Å². The number of anilines is 1. The van der Waals surface area contributed by atoms with Crippen LogP contribution < -0.4 is 10.2 Å². The molecule has 1 aromatic heterocycles. The average Bonchev–Trinajstić information content (AvgIpc) is 3.05. The summed E-state index contributed by atoms with van der Waals surface area (Å²) < 4.78 is 0. The molecule has 120 valence electrons. The third-order valence-corrected chi connectivity index (χ3v) is 3.89. The molecule has 2 N–H and O–H groups in total. The Morgan fingerprint density at radius 1 is 1.41 bits per heavy atom. The molecule has 0 saturated carbocycles. The third-order valence-electron chi connectivity index (χ3n) is 3.89. The summed E-state index contributed by atoms with van der Waals surface area (Å²) in [6, 6.07) is 2.56. The molecule has 0 spiro atoms. The summed E-state index contributed by atoms with van der Waals surface area (Å²) in [4.78, 5) is 30.1. The van der Waals surface area contributed by atoms with Crippen LogP contribution in [0.1, 0.15) is 49.4 Å². The van der Waals surface area contributed by atoms with Gasteiger partial charge in [0.05, 0.1) is 5.56 Å². The van der Waals surface area contributed by atoms with Crippen LogP contribution in [0.5, 0.6) is 0 Å². The quantitative estimate of drug-likeness (QED) is 0.805. The second kappa shape index (κ2) is 7.77. The van der Waals surface area contributed by atoms with E-state index in [1.54, 1.807) is 18.3 Å². The van der Waals surface area contributed by atoms with Crippen LogP contribution in [-0.4, -0.2) is 41.1 Å². The number of hydrogen-bond acceptors (Lipinski definition) is 4. The summed E-state index contributed by atoms with van der Waals surface area (Å²) in [6.07, 6.45) is 5.94. The van der Waals surface area contributed by atoms with Gasteiger partial charge in [-0.25, -0.2) is 9.78 Å². The van der Waals surface area contributed by atoms with Gasteiger partial charge in [0, 0.05) is 19.3 Å². The molecule has 1 fully saturated rings. The van der Waals surface area contributed by atoms with E-state index >= 15 is 0 Å². The van der Waals surface area contributed by atoms with E-state index in [1.807, 2.05) is 6.92 Å². The van der Waals surface area contributed by atoms with Gasteiger partial charge in [0.15, 0.2) is 0 Å². The van der Waals surface area contributed by atoms with Gasteiger partial charge in [-0.05, 0) is 31.4 Å². The summed E-state index contributed by atoms with van der Waals surface area (Å²) in [5.74, 6) is -0.705. The zero-order chi connectivity index (χ0) is 15.9. The predicted molar refractivity (Wildman–Crippen MR) is 84.1 cm³/mol. The van der Waals surface area contributed by atoms with Crippen LogP contribution in [0.3, 0.4) is 0 Å². The number of rotatable bonds is 7. The van der Waals surface area contributed by atoms with Gasteiger partial charge in [-0.15, -0.1) is 0 Å². The van der Waals surface area contributed by atoms with Gasteiger partial charge in [0.1, 0.15) is 11.9 Å². The standard InChI is InChI=1S/C16H23N3O3/c1-2-3-8-13(16(21)22)18-15(20)12-7-6-9-17-14(12)19-10-4-5-11-19/h6-7,9,13H,2-5,8,10-11H2,1H3,(H,18,20)(H,21,22). The highest BCUT2D eigenvalue weighted by Gasteiger charge is 2.24. The van der Waals surface area contributed by atoms with Crippen LogP contribution in [0.2, 0.25) is 0 Å². The number of carbonyl (C=O) groups excluding carboxylic acids is 1. The van der Waals surface area contributed by atoms with E-state index in [1.165, 1.54) is 0 Å². The fourth-order valence-electron chi connectivity index (χ4n) is 2.66. The van der Waals surface area contributed by atoms with Crippen molar-refractivity contribution in [3.05, 3.63) is 23.9 Å². The van der Waals surface area contributed by atoms with E-state index in [4.69, 9.17) is 0 Å². The Morgan fingerprint density at radius 3 is 2.77 bits per heavy atom. The van der Waals surface area contributed by atoms with Crippen molar-refractivity contribution in [1.82, 2.24) is 10.3 Å². The van der Waals surface area contributed by atoms with Crippen molar-refractivity contribution in [1.29, 1.82) is 0 Å². The smallest absolute Gasteiger partial charge is 0.326 e. The number of amides is 1. The summed E-state index contributed by atoms with van der Waals surface area (Å²) >= 11 is 0. The Labute approximate surface area is 130 Å². The number of aliphatic carboxylic acids is 1. The molecule has 2 heterocycles. The van der Waals surface area contributed by atoms with E-state index in [0.717, 1.165) is 38.8 Å². The minimum Gasteiger partial charge on any atom is -0.480 e. The van der Waals surface area contributed by atoms with E-state index < -0.39 is 12.0 Å². The Hall–Kier alpha value is -2.11. The molecule has 1 saturated heterocycles. The SMILES string of the molecule is CCCCC(NC(=O)c1cccnc1N1CCCC1)C(=O)O. The van der Waals surface area contributed by atoms with E-state index in [0.29, 0.717) is 17.8 Å². The lowest BCUT2D eigenvalue weighted by Crippen LogP contribution is -2.41. The van der Waals surface area contributed by atoms with Crippen molar-refractivity contribution in [2.24, 2.45) is 0 Å². The van der Waals surface area contributed by atoms with Gasteiger partial charge in [-0.2, -0.15) is 0 Å². The molecule has 1 aromatic rings. The molecule has 0 bridgehead atoms. The first-order chi connectivity index (χ1) is 10.6. The largest absolute Gasteiger partial charge is 0.480 e. The summed E-state index contributed by atoms with van der Waals surface area (Å²) in [5, 5.41) is 11.9. The van der Waals surface area contributed by atoms with Crippen molar-refractivity contribution >= 4 is 17.7 Å². The van der Waals surface area contributed by atoms with Crippen molar-refractivity contribution in [2.75, 3.05) is 18.0 Å². The van der Waals surface area contributed by atoms with Crippen LogP contribution in [0, 0.1) is 0 Å². The molecule has 1 aliphatic heterocycles. The van der Waals surface area contributed by atoms with Gasteiger partial charge < -0.3 is 15.3 Å². The molecule has 0 aromatic carbocycles. The second-order valence-corrected chi connectivity index (χ2v) is 5.58. The molecule has 1 atom stereocenters. The maximum Gasteiger partial charge on any atom is 0.326 e. The number of hydrogen-bond donors (Lipinski definition) is 2. The van der Waals surface area contributed by atoms with Gasteiger partial charge in [0.25, 0.3) is 5.91 Å². The Morgan fingerprint density at radius 2 is 2.14 bits per heavy atom. The van der Waals surface area contributed by atoms with Crippen LogP contribution in [-0.2, 0) is 4.79 Å². The predicted octanol–water partition coefficient (Wildman–Crippen LogP) is 2.05. The lowest BCUT2D eigenvalue weighted by Gasteiger charge is -2.20. The Bertz CT molecular complexity index is 527. The van der Waals surface area contributed by atoms with Gasteiger partial charge in [-0.3, -0.25) is 4.79 Å². The van der Waals surface area contributed by atoms with Gasteiger partial charge in [-0.1, -0.05) is 19.8 Å². The number of carboxylic acid groups (broad SMARTS) is 1. The van der Waals surface area contributed by atoms with Gasteiger partial charge >= 0.3 is 5.97 Å². The molecule has 0 radical (unpaired) electrons. The molecule has 22 heavy (non-hydrogen) atoms. The first-order valence-corrected chi connectivity index (χ1v) is 7.87. The van der Waals surface area contributed by atoms with Crippen LogP contribution >= 0.6 is 0 Å². The molecule has 1 unspecified atom stereocenters. The minimum absolute atomic E-state index is 0.362. The summed E-state index contributed by atoms with van der Waals surface area (Å²) in [6.45, 7) is 3.76. The normalized spacial score (nSPS) is 15.6. The van der Waals surface area contributed by atoms with E-state index in [2.05, 4.69) is 15.2 Å². The zero-order valence-electron chi connectivity index (χ0n) is 12.9. The Kier molecular flexibility index (Phi) is 5.75. The minimum atomic E-state index is -0.992. The van der Waals surface area contributed by atoms with E-state index in [-0.39, 0.29) is 5.91 Å². The van der Waals surface area contributed by atoms with Crippen LogP contribution in [0.15, 0.2) is 18.3 Å². The first kappa shape index (κ1) is 16.3. The molecule has 1 aliphatic rings. The monoisotopic (exact) mass is 305 g/mol. The number of carboxylic acids is 1. The number of pyridine rings is 1. The number of unbranched alkanes of at least 4 members (excludes halogenated alkanes) is 1. The highest BCUT2D eigenvalue weighted by molar-refractivity contribution is 6.00. The van der Waals surface area contributed by atoms with Crippen molar-refractivity contribution in [3.8, 4) is 0 Å². The molecule has 1 amide bonds. The number of nitrogens with one attached hydrogen (secondary N) is 1. The molecule has 6 nitrogen and oxygen atoms in total. The Balaban J connectivity index is 2.12. The van der Waals surface area contributed by atoms with Crippen LogP contribution in [0.25, 0.3) is 0 Å². The fraction of sp³-hybridized carbons (Fsp3) is 0.562. The molecule has 2 rings (SSSR count). The maximum absolute atomic E-state index is 12.5. The fourth-order valence-corrected chi connectivity index (χ4v) is 2.66. The van der Waals surface area contributed by atoms with Crippen molar-refractivity contribution in [2.45, 2.75) is 45.1 Å². The summed E-state index contributed by atoms with van der Waals surface area (Å²) in [5.41, 5.74) is 0.451. The molecular formula is C16H23N3O3. The number of nitrogens with zero attached hydrogens (tertiary/aromatic N) is 2. The molecule has 0 aliphatic carbocycles. The maximum atomic E-state index is 12.5. The van der Waals surface area contributed by atoms with Gasteiger partial charge in [0.2, 0.25) is 0 Å². The second-order valence-electron chi connectivity index (χ2n) is 5.58. The third kappa shape index (κ3) is 3.96. The molecular weight excluding hydrogens is 282 g/mol. The van der Waals surface area contributed by atoms with Crippen molar-refractivity contribution in [3.63, 3.8) is 0 Å².